The lowest BCUT2D eigenvalue weighted by molar-refractivity contribution is 0.0695. The fourth-order valence-corrected chi connectivity index (χ4v) is 1.84. The van der Waals surface area contributed by atoms with Gasteiger partial charge < -0.3 is 5.11 Å². The van der Waals surface area contributed by atoms with Crippen molar-refractivity contribution < 1.29 is 9.90 Å². The van der Waals surface area contributed by atoms with Crippen molar-refractivity contribution in [1.29, 1.82) is 0 Å². The summed E-state index contributed by atoms with van der Waals surface area (Å²) in [5.41, 5.74) is 1.94. The zero-order valence-corrected chi connectivity index (χ0v) is 9.22. The SMILES string of the molecule is Cc1ccc(C(=O)O)c(C(C)C)c1Cl. The lowest BCUT2D eigenvalue weighted by Gasteiger charge is -2.13. The van der Waals surface area contributed by atoms with E-state index < -0.39 is 5.97 Å². The average molecular weight is 213 g/mol. The van der Waals surface area contributed by atoms with E-state index in [0.717, 1.165) is 11.1 Å². The zero-order chi connectivity index (χ0) is 10.9. The first kappa shape index (κ1) is 11.1. The van der Waals surface area contributed by atoms with Gasteiger partial charge in [0, 0.05) is 5.02 Å². The second-order valence-electron chi connectivity index (χ2n) is 3.62. The predicted molar refractivity (Wildman–Crippen MR) is 57.2 cm³/mol. The van der Waals surface area contributed by atoms with Gasteiger partial charge in [0.25, 0.3) is 0 Å². The number of halogens is 1. The molecule has 1 aromatic rings. The summed E-state index contributed by atoms with van der Waals surface area (Å²) in [6.45, 7) is 5.75. The number of aromatic carboxylic acids is 1. The molecular formula is C11H13ClO2. The molecule has 0 aliphatic carbocycles. The summed E-state index contributed by atoms with van der Waals surface area (Å²) in [5, 5.41) is 9.54. The average Bonchev–Trinajstić information content (AvgIpc) is 2.08. The smallest absolute Gasteiger partial charge is 0.336 e. The van der Waals surface area contributed by atoms with Crippen molar-refractivity contribution in [2.45, 2.75) is 26.7 Å². The molecule has 0 aromatic heterocycles. The first-order valence-corrected chi connectivity index (χ1v) is 4.85. The highest BCUT2D eigenvalue weighted by molar-refractivity contribution is 6.32. The fourth-order valence-electron chi connectivity index (χ4n) is 1.45. The van der Waals surface area contributed by atoms with Crippen molar-refractivity contribution in [2.75, 3.05) is 0 Å². The third kappa shape index (κ3) is 1.90. The van der Waals surface area contributed by atoms with Crippen molar-refractivity contribution in [3.8, 4) is 0 Å². The maximum Gasteiger partial charge on any atom is 0.336 e. The molecule has 0 fully saturated rings. The van der Waals surface area contributed by atoms with Crippen LogP contribution in [-0.4, -0.2) is 11.1 Å². The van der Waals surface area contributed by atoms with Crippen LogP contribution in [0.2, 0.25) is 5.02 Å². The molecule has 0 saturated carbocycles. The van der Waals surface area contributed by atoms with Crippen LogP contribution in [-0.2, 0) is 0 Å². The minimum atomic E-state index is -0.921. The van der Waals surface area contributed by atoms with E-state index in [9.17, 15) is 4.79 Å². The second kappa shape index (κ2) is 4.01. The lowest BCUT2D eigenvalue weighted by Crippen LogP contribution is -2.05. The minimum Gasteiger partial charge on any atom is -0.478 e. The van der Waals surface area contributed by atoms with Gasteiger partial charge in [-0.25, -0.2) is 4.79 Å². The molecule has 76 valence electrons. The van der Waals surface area contributed by atoms with Crippen LogP contribution >= 0.6 is 11.6 Å². The van der Waals surface area contributed by atoms with Crippen molar-refractivity contribution in [2.24, 2.45) is 0 Å². The number of hydrogen-bond donors (Lipinski definition) is 1. The molecule has 0 bridgehead atoms. The Kier molecular flexibility index (Phi) is 3.17. The second-order valence-corrected chi connectivity index (χ2v) is 4.00. The summed E-state index contributed by atoms with van der Waals surface area (Å²) < 4.78 is 0. The molecule has 0 aliphatic rings. The number of carboxylic acid groups (broad SMARTS) is 1. The van der Waals surface area contributed by atoms with E-state index >= 15 is 0 Å². The van der Waals surface area contributed by atoms with Gasteiger partial charge in [-0.3, -0.25) is 0 Å². The van der Waals surface area contributed by atoms with Gasteiger partial charge in [0.1, 0.15) is 0 Å². The maximum atomic E-state index is 10.9. The fraction of sp³-hybridized carbons (Fsp3) is 0.364. The first-order valence-electron chi connectivity index (χ1n) is 4.47. The largest absolute Gasteiger partial charge is 0.478 e. The molecule has 0 amide bonds. The monoisotopic (exact) mass is 212 g/mol. The molecule has 1 aromatic carbocycles. The van der Waals surface area contributed by atoms with Gasteiger partial charge in [-0.15, -0.1) is 0 Å². The molecule has 0 heterocycles. The number of rotatable bonds is 2. The number of benzene rings is 1. The van der Waals surface area contributed by atoms with Crippen molar-refractivity contribution in [3.63, 3.8) is 0 Å². The Morgan fingerprint density at radius 2 is 2.00 bits per heavy atom. The zero-order valence-electron chi connectivity index (χ0n) is 8.47. The van der Waals surface area contributed by atoms with E-state index in [4.69, 9.17) is 16.7 Å². The van der Waals surface area contributed by atoms with E-state index in [1.807, 2.05) is 20.8 Å². The quantitative estimate of drug-likeness (QED) is 0.815. The molecule has 2 nitrogen and oxygen atoms in total. The normalized spacial score (nSPS) is 10.6. The highest BCUT2D eigenvalue weighted by Gasteiger charge is 2.17. The highest BCUT2D eigenvalue weighted by Crippen LogP contribution is 2.30. The summed E-state index contributed by atoms with van der Waals surface area (Å²) in [6.07, 6.45) is 0. The molecule has 0 aliphatic heterocycles. The number of aryl methyl sites for hydroxylation is 1. The van der Waals surface area contributed by atoms with E-state index in [0.29, 0.717) is 10.6 Å². The molecule has 1 N–H and O–H groups in total. The number of hydrogen-bond acceptors (Lipinski definition) is 1. The van der Waals surface area contributed by atoms with Crippen molar-refractivity contribution in [1.82, 2.24) is 0 Å². The third-order valence-corrected chi connectivity index (χ3v) is 2.68. The van der Waals surface area contributed by atoms with Gasteiger partial charge in [0.2, 0.25) is 0 Å². The molecule has 0 radical (unpaired) electrons. The van der Waals surface area contributed by atoms with Crippen LogP contribution < -0.4 is 0 Å². The topological polar surface area (TPSA) is 37.3 Å². The van der Waals surface area contributed by atoms with Crippen molar-refractivity contribution in [3.05, 3.63) is 33.8 Å². The van der Waals surface area contributed by atoms with Gasteiger partial charge in [-0.1, -0.05) is 31.5 Å². The Labute approximate surface area is 88.5 Å². The Hall–Kier alpha value is -1.02. The van der Waals surface area contributed by atoms with Crippen LogP contribution in [0.1, 0.15) is 41.3 Å². The molecule has 0 saturated heterocycles. The van der Waals surface area contributed by atoms with Crippen LogP contribution in [0, 0.1) is 6.92 Å². The minimum absolute atomic E-state index is 0.119. The van der Waals surface area contributed by atoms with Crippen LogP contribution in [0.4, 0.5) is 0 Å². The number of carbonyl (C=O) groups is 1. The van der Waals surface area contributed by atoms with Crippen LogP contribution in [0.15, 0.2) is 12.1 Å². The Morgan fingerprint density at radius 1 is 1.43 bits per heavy atom. The number of carboxylic acids is 1. The molecular weight excluding hydrogens is 200 g/mol. The predicted octanol–water partition coefficient (Wildman–Crippen LogP) is 3.47. The van der Waals surface area contributed by atoms with Gasteiger partial charge in [0.15, 0.2) is 0 Å². The van der Waals surface area contributed by atoms with E-state index in [1.165, 1.54) is 0 Å². The Bertz CT molecular complexity index is 370. The Morgan fingerprint density at radius 3 is 2.43 bits per heavy atom. The summed E-state index contributed by atoms with van der Waals surface area (Å²) >= 11 is 6.07. The van der Waals surface area contributed by atoms with Gasteiger partial charge in [-0.2, -0.15) is 0 Å². The van der Waals surface area contributed by atoms with Crippen LogP contribution in [0.5, 0.6) is 0 Å². The van der Waals surface area contributed by atoms with E-state index in [1.54, 1.807) is 12.1 Å². The first-order chi connectivity index (χ1) is 6.45. The van der Waals surface area contributed by atoms with Crippen LogP contribution in [0.3, 0.4) is 0 Å². The standard InChI is InChI=1S/C11H13ClO2/c1-6(2)9-8(11(13)14)5-4-7(3)10(9)12/h4-6H,1-3H3,(H,13,14). The third-order valence-electron chi connectivity index (χ3n) is 2.18. The lowest BCUT2D eigenvalue weighted by atomic mass is 9.95. The highest BCUT2D eigenvalue weighted by atomic mass is 35.5. The van der Waals surface area contributed by atoms with Gasteiger partial charge in [0.05, 0.1) is 5.56 Å². The molecule has 3 heteroatoms. The van der Waals surface area contributed by atoms with Crippen molar-refractivity contribution >= 4 is 17.6 Å². The van der Waals surface area contributed by atoms with Gasteiger partial charge in [-0.05, 0) is 30.0 Å². The van der Waals surface area contributed by atoms with E-state index in [2.05, 4.69) is 0 Å². The molecule has 0 unspecified atom stereocenters. The molecule has 0 atom stereocenters. The van der Waals surface area contributed by atoms with Crippen LogP contribution in [0.25, 0.3) is 0 Å². The maximum absolute atomic E-state index is 10.9. The Balaban J connectivity index is 3.45. The summed E-state index contributed by atoms with van der Waals surface area (Å²) in [4.78, 5) is 10.9. The molecule has 14 heavy (non-hydrogen) atoms. The summed E-state index contributed by atoms with van der Waals surface area (Å²) in [5.74, 6) is -0.802. The van der Waals surface area contributed by atoms with Gasteiger partial charge >= 0.3 is 5.97 Å². The van der Waals surface area contributed by atoms with E-state index in [-0.39, 0.29) is 5.92 Å². The summed E-state index contributed by atoms with van der Waals surface area (Å²) in [6, 6.07) is 3.34. The summed E-state index contributed by atoms with van der Waals surface area (Å²) in [7, 11) is 0. The molecule has 1 rings (SSSR count). The molecule has 0 spiro atoms.